The van der Waals surface area contributed by atoms with Gasteiger partial charge < -0.3 is 9.64 Å². The van der Waals surface area contributed by atoms with Crippen LogP contribution in [0.25, 0.3) is 0 Å². The van der Waals surface area contributed by atoms with Crippen molar-refractivity contribution in [1.29, 1.82) is 0 Å². The van der Waals surface area contributed by atoms with Crippen LogP contribution in [0.5, 0.6) is 0 Å². The Bertz CT molecular complexity index is 252. The van der Waals surface area contributed by atoms with Gasteiger partial charge in [-0.2, -0.15) is 0 Å². The van der Waals surface area contributed by atoms with Crippen LogP contribution in [-0.4, -0.2) is 49.7 Å². The lowest BCUT2D eigenvalue weighted by Crippen LogP contribution is -2.47. The first kappa shape index (κ1) is 12.8. The van der Waals surface area contributed by atoms with Gasteiger partial charge in [-0.25, -0.2) is 5.32 Å². The molecule has 2 saturated heterocycles. The van der Waals surface area contributed by atoms with Gasteiger partial charge in [0.2, 0.25) is 5.91 Å². The topological polar surface area (TPSA) is 43.6 Å². The number of rotatable bonds is 3. The zero-order valence-electron chi connectivity index (χ0n) is 10.7. The molecule has 0 bridgehead atoms. The fourth-order valence-corrected chi connectivity index (χ4v) is 2.66. The van der Waals surface area contributed by atoms with Crippen molar-refractivity contribution in [3.8, 4) is 0 Å². The maximum atomic E-state index is 12.1. The highest BCUT2D eigenvalue weighted by atomic mass is 16.5. The van der Waals surface area contributed by atoms with Crippen LogP contribution in [-0.2, 0) is 9.53 Å². The largest absolute Gasteiger partial charge is 0.377 e. The van der Waals surface area contributed by atoms with Gasteiger partial charge in [-0.3, -0.25) is 4.79 Å². The molecule has 4 nitrogen and oxygen atoms in total. The van der Waals surface area contributed by atoms with Crippen LogP contribution in [0.15, 0.2) is 0 Å². The highest BCUT2D eigenvalue weighted by Crippen LogP contribution is 2.18. The maximum Gasteiger partial charge on any atom is 0.222 e. The van der Waals surface area contributed by atoms with Gasteiger partial charge in [0.05, 0.1) is 19.3 Å². The Balaban J connectivity index is 1.72. The Hall–Kier alpha value is -0.610. The minimum absolute atomic E-state index is 0.243. The van der Waals surface area contributed by atoms with E-state index in [4.69, 9.17) is 4.74 Å². The lowest BCUT2D eigenvalue weighted by Gasteiger charge is -2.34. The number of nitrogens with zero attached hydrogens (tertiary/aromatic N) is 2. The molecule has 4 heteroatoms. The second kappa shape index (κ2) is 6.36. The van der Waals surface area contributed by atoms with Crippen molar-refractivity contribution >= 4 is 5.91 Å². The van der Waals surface area contributed by atoms with Gasteiger partial charge in [-0.05, 0) is 32.1 Å². The predicted octanol–water partition coefficient (Wildman–Crippen LogP) is 1.03. The molecule has 0 aromatic heterocycles. The van der Waals surface area contributed by atoms with Crippen LogP contribution in [0.1, 0.15) is 32.6 Å². The molecule has 1 amide bonds. The van der Waals surface area contributed by atoms with Crippen molar-refractivity contribution in [2.24, 2.45) is 5.92 Å². The van der Waals surface area contributed by atoms with Gasteiger partial charge in [0, 0.05) is 26.1 Å². The molecular weight excluding hydrogens is 216 g/mol. The maximum absolute atomic E-state index is 12.1. The molecule has 0 N–H and O–H groups in total. The van der Waals surface area contributed by atoms with Gasteiger partial charge in [0.15, 0.2) is 0 Å². The van der Waals surface area contributed by atoms with E-state index in [0.29, 0.717) is 31.5 Å². The monoisotopic (exact) mass is 239 g/mol. The van der Waals surface area contributed by atoms with Crippen molar-refractivity contribution in [2.75, 3.05) is 32.8 Å². The Morgan fingerprint density at radius 3 is 3.12 bits per heavy atom. The molecule has 2 atom stereocenters. The number of hydrogen-bond acceptors (Lipinski definition) is 2. The molecule has 0 spiro atoms. The van der Waals surface area contributed by atoms with Crippen LogP contribution in [0, 0.1) is 5.92 Å². The second-order valence-corrected chi connectivity index (χ2v) is 5.19. The van der Waals surface area contributed by atoms with E-state index in [2.05, 4.69) is 12.2 Å². The van der Waals surface area contributed by atoms with Crippen LogP contribution >= 0.6 is 0 Å². The molecule has 0 aliphatic carbocycles. The smallest absolute Gasteiger partial charge is 0.222 e. The van der Waals surface area contributed by atoms with E-state index in [0.717, 1.165) is 26.1 Å². The average Bonchev–Trinajstić information content (AvgIpc) is 2.38. The molecule has 0 aromatic rings. The third kappa shape index (κ3) is 3.68. The number of piperidine rings is 1. The third-order valence-electron chi connectivity index (χ3n) is 3.77. The van der Waals surface area contributed by atoms with Crippen LogP contribution in [0.2, 0.25) is 0 Å². The summed E-state index contributed by atoms with van der Waals surface area (Å²) in [6.45, 7) is 6.18. The number of amides is 1. The predicted molar refractivity (Wildman–Crippen MR) is 65.8 cm³/mol. The number of hydrogen-bond donors (Lipinski definition) is 0. The highest BCUT2D eigenvalue weighted by Gasteiger charge is 2.24. The minimum Gasteiger partial charge on any atom is -0.377 e. The molecule has 2 aliphatic heterocycles. The Morgan fingerprint density at radius 2 is 2.41 bits per heavy atom. The first-order valence-electron chi connectivity index (χ1n) is 6.78. The molecule has 1 radical (unpaired) electrons. The summed E-state index contributed by atoms with van der Waals surface area (Å²) in [4.78, 5) is 14.1. The average molecular weight is 239 g/mol. The fraction of sp³-hybridized carbons (Fsp3) is 0.923. The molecule has 2 fully saturated rings. The number of carbonyl (C=O) groups is 1. The van der Waals surface area contributed by atoms with E-state index in [1.807, 2.05) is 4.90 Å². The van der Waals surface area contributed by atoms with Crippen molar-refractivity contribution < 1.29 is 9.53 Å². The SMILES string of the molecule is CC1COCCN1C(=O)CCC1CCC[N]C1. The minimum atomic E-state index is 0.243. The van der Waals surface area contributed by atoms with Crippen LogP contribution < -0.4 is 5.32 Å². The fourth-order valence-electron chi connectivity index (χ4n) is 2.66. The number of carbonyl (C=O) groups excluding carboxylic acids is 1. The second-order valence-electron chi connectivity index (χ2n) is 5.19. The first-order valence-corrected chi connectivity index (χ1v) is 6.78. The first-order chi connectivity index (χ1) is 8.27. The molecule has 97 valence electrons. The molecule has 17 heavy (non-hydrogen) atoms. The third-order valence-corrected chi connectivity index (χ3v) is 3.77. The lowest BCUT2D eigenvalue weighted by molar-refractivity contribution is -0.139. The van der Waals surface area contributed by atoms with Crippen molar-refractivity contribution in [1.82, 2.24) is 10.2 Å². The van der Waals surface area contributed by atoms with Gasteiger partial charge >= 0.3 is 0 Å². The summed E-state index contributed by atoms with van der Waals surface area (Å²) in [6.07, 6.45) is 4.14. The van der Waals surface area contributed by atoms with E-state index in [1.54, 1.807) is 0 Å². The summed E-state index contributed by atoms with van der Waals surface area (Å²) < 4.78 is 5.35. The molecular formula is C13H23N2O2. The number of ether oxygens (including phenoxy) is 1. The van der Waals surface area contributed by atoms with Gasteiger partial charge in [-0.15, -0.1) is 0 Å². The van der Waals surface area contributed by atoms with E-state index in [-0.39, 0.29) is 6.04 Å². The summed E-state index contributed by atoms with van der Waals surface area (Å²) in [6, 6.07) is 0.243. The molecule has 2 rings (SSSR count). The Morgan fingerprint density at radius 1 is 1.53 bits per heavy atom. The van der Waals surface area contributed by atoms with Crippen LogP contribution in [0.3, 0.4) is 0 Å². The zero-order valence-corrected chi connectivity index (χ0v) is 10.7. The van der Waals surface area contributed by atoms with Crippen LogP contribution in [0.4, 0.5) is 0 Å². The molecule has 2 unspecified atom stereocenters. The van der Waals surface area contributed by atoms with Crippen molar-refractivity contribution in [2.45, 2.75) is 38.6 Å². The summed E-state index contributed by atoms with van der Waals surface area (Å²) in [7, 11) is 0. The Kier molecular flexibility index (Phi) is 4.80. The van der Waals surface area contributed by atoms with Crippen molar-refractivity contribution in [3.63, 3.8) is 0 Å². The summed E-state index contributed by atoms with van der Waals surface area (Å²) in [5, 5.41) is 4.42. The van der Waals surface area contributed by atoms with E-state index in [9.17, 15) is 4.79 Å². The van der Waals surface area contributed by atoms with E-state index < -0.39 is 0 Å². The summed E-state index contributed by atoms with van der Waals surface area (Å²) >= 11 is 0. The van der Waals surface area contributed by atoms with Gasteiger partial charge in [0.25, 0.3) is 0 Å². The zero-order chi connectivity index (χ0) is 12.1. The molecule has 2 aliphatic rings. The van der Waals surface area contributed by atoms with E-state index >= 15 is 0 Å². The lowest BCUT2D eigenvalue weighted by atomic mass is 9.94. The molecule has 0 saturated carbocycles. The number of morpholine rings is 1. The van der Waals surface area contributed by atoms with Gasteiger partial charge in [-0.1, -0.05) is 0 Å². The summed E-state index contributed by atoms with van der Waals surface area (Å²) in [5.41, 5.74) is 0. The van der Waals surface area contributed by atoms with Gasteiger partial charge in [0.1, 0.15) is 0 Å². The normalized spacial score (nSPS) is 30.3. The quantitative estimate of drug-likeness (QED) is 0.738. The Labute approximate surface area is 104 Å². The molecule has 0 aromatic carbocycles. The molecule has 2 heterocycles. The summed E-state index contributed by atoms with van der Waals surface area (Å²) in [5.74, 6) is 0.940. The standard InChI is InChI=1S/C13H23N2O2/c1-11-10-17-8-7-15(11)13(16)5-4-12-3-2-6-14-9-12/h11-12H,2-10H2,1H3. The van der Waals surface area contributed by atoms with Crippen molar-refractivity contribution in [3.05, 3.63) is 0 Å². The van der Waals surface area contributed by atoms with E-state index in [1.165, 1.54) is 12.8 Å². The highest BCUT2D eigenvalue weighted by molar-refractivity contribution is 5.76.